The van der Waals surface area contributed by atoms with E-state index in [4.69, 9.17) is 18.0 Å². The van der Waals surface area contributed by atoms with Crippen LogP contribution in [0.3, 0.4) is 0 Å². The topological polar surface area (TPSA) is 43.8 Å². The summed E-state index contributed by atoms with van der Waals surface area (Å²) in [7, 11) is 0. The van der Waals surface area contributed by atoms with Crippen molar-refractivity contribution in [3.05, 3.63) is 46.5 Å². The lowest BCUT2D eigenvalue weighted by Gasteiger charge is -2.10. The highest BCUT2D eigenvalue weighted by atomic mass is 79.9. The maximum absolute atomic E-state index is 5.60. The number of halogens is 1. The molecule has 17 heavy (non-hydrogen) atoms. The second-order valence-corrected chi connectivity index (χ2v) is 4.89. The monoisotopic (exact) mass is 309 g/mol. The molecule has 1 aromatic carbocycles. The van der Waals surface area contributed by atoms with Crippen molar-refractivity contribution >= 4 is 33.1 Å². The van der Waals surface area contributed by atoms with Gasteiger partial charge in [0.1, 0.15) is 10.8 Å². The first kappa shape index (κ1) is 12.3. The normalized spacial score (nSPS) is 10.5. The molecular weight excluding hydrogens is 298 g/mol. The number of nitrogens with zero attached hydrogens (tertiary/aromatic N) is 2. The van der Waals surface area contributed by atoms with Gasteiger partial charge in [0.25, 0.3) is 0 Å². The predicted octanol–water partition coefficient (Wildman–Crippen LogP) is 2.83. The van der Waals surface area contributed by atoms with Crippen LogP contribution in [-0.2, 0) is 6.42 Å². The van der Waals surface area contributed by atoms with Crippen molar-refractivity contribution in [3.8, 4) is 5.69 Å². The van der Waals surface area contributed by atoms with Gasteiger partial charge in [0.15, 0.2) is 0 Å². The SMILES string of the molecule is CCc1nccn1-c1ccc(C(N)=S)cc1Br. The Hall–Kier alpha value is -1.20. The molecule has 0 atom stereocenters. The van der Waals surface area contributed by atoms with Crippen molar-refractivity contribution in [2.75, 3.05) is 0 Å². The number of aromatic nitrogens is 2. The summed E-state index contributed by atoms with van der Waals surface area (Å²) in [6, 6.07) is 5.83. The summed E-state index contributed by atoms with van der Waals surface area (Å²) in [4.78, 5) is 4.70. The summed E-state index contributed by atoms with van der Waals surface area (Å²) in [5.41, 5.74) is 7.50. The quantitative estimate of drug-likeness (QED) is 0.887. The Morgan fingerprint density at radius 1 is 1.53 bits per heavy atom. The number of benzene rings is 1. The Kier molecular flexibility index (Phi) is 3.59. The molecule has 0 bridgehead atoms. The Bertz CT molecular complexity index is 563. The van der Waals surface area contributed by atoms with Gasteiger partial charge in [0, 0.05) is 28.9 Å². The zero-order valence-electron chi connectivity index (χ0n) is 9.35. The molecule has 0 saturated carbocycles. The summed E-state index contributed by atoms with van der Waals surface area (Å²) < 4.78 is 3.00. The van der Waals surface area contributed by atoms with E-state index in [1.165, 1.54) is 0 Å². The second kappa shape index (κ2) is 4.98. The first-order valence-corrected chi connectivity index (χ1v) is 6.45. The van der Waals surface area contributed by atoms with Gasteiger partial charge in [0.2, 0.25) is 0 Å². The zero-order valence-corrected chi connectivity index (χ0v) is 11.8. The molecular formula is C12H12BrN3S. The van der Waals surface area contributed by atoms with Crippen molar-refractivity contribution in [2.45, 2.75) is 13.3 Å². The standard InChI is InChI=1S/C12H12BrN3S/c1-2-11-15-5-6-16(11)10-4-3-8(12(14)17)7-9(10)13/h3-7H,2H2,1H3,(H2,14,17). The van der Waals surface area contributed by atoms with Crippen molar-refractivity contribution in [1.29, 1.82) is 0 Å². The van der Waals surface area contributed by atoms with E-state index in [1.54, 1.807) is 6.20 Å². The van der Waals surface area contributed by atoms with Gasteiger partial charge in [-0.1, -0.05) is 19.1 Å². The van der Waals surface area contributed by atoms with Crippen LogP contribution < -0.4 is 5.73 Å². The highest BCUT2D eigenvalue weighted by molar-refractivity contribution is 9.10. The van der Waals surface area contributed by atoms with Crippen LogP contribution in [0.5, 0.6) is 0 Å². The minimum absolute atomic E-state index is 0.401. The molecule has 0 aliphatic carbocycles. The van der Waals surface area contributed by atoms with Gasteiger partial charge in [-0.15, -0.1) is 0 Å². The van der Waals surface area contributed by atoms with Crippen molar-refractivity contribution in [1.82, 2.24) is 9.55 Å². The number of imidazole rings is 1. The summed E-state index contributed by atoms with van der Waals surface area (Å²) in [6.07, 6.45) is 4.63. The van der Waals surface area contributed by atoms with E-state index in [2.05, 4.69) is 27.8 Å². The van der Waals surface area contributed by atoms with E-state index in [0.717, 1.165) is 28.0 Å². The summed E-state index contributed by atoms with van der Waals surface area (Å²) >= 11 is 8.49. The molecule has 0 amide bonds. The summed E-state index contributed by atoms with van der Waals surface area (Å²) in [6.45, 7) is 2.08. The maximum atomic E-state index is 5.60. The van der Waals surface area contributed by atoms with E-state index >= 15 is 0 Å². The molecule has 0 saturated heterocycles. The molecule has 1 heterocycles. The first-order valence-electron chi connectivity index (χ1n) is 5.25. The number of hydrogen-bond acceptors (Lipinski definition) is 2. The van der Waals surface area contributed by atoms with Crippen LogP contribution in [0.2, 0.25) is 0 Å². The predicted molar refractivity (Wildman–Crippen MR) is 76.5 cm³/mol. The van der Waals surface area contributed by atoms with Crippen LogP contribution in [0.4, 0.5) is 0 Å². The Balaban J connectivity index is 2.50. The molecule has 2 aromatic rings. The molecule has 5 heteroatoms. The smallest absolute Gasteiger partial charge is 0.112 e. The van der Waals surface area contributed by atoms with Crippen molar-refractivity contribution in [3.63, 3.8) is 0 Å². The largest absolute Gasteiger partial charge is 0.389 e. The number of thiocarbonyl (C=S) groups is 1. The third-order valence-corrected chi connectivity index (χ3v) is 3.40. The van der Waals surface area contributed by atoms with Crippen molar-refractivity contribution < 1.29 is 0 Å². The number of aryl methyl sites for hydroxylation is 1. The van der Waals surface area contributed by atoms with Gasteiger partial charge in [0.05, 0.1) is 5.69 Å². The molecule has 0 aliphatic heterocycles. The fourth-order valence-electron chi connectivity index (χ4n) is 1.67. The van der Waals surface area contributed by atoms with E-state index < -0.39 is 0 Å². The molecule has 2 N–H and O–H groups in total. The molecule has 3 nitrogen and oxygen atoms in total. The maximum Gasteiger partial charge on any atom is 0.112 e. The third-order valence-electron chi connectivity index (χ3n) is 2.53. The van der Waals surface area contributed by atoms with Gasteiger partial charge >= 0.3 is 0 Å². The Morgan fingerprint density at radius 3 is 2.88 bits per heavy atom. The molecule has 0 radical (unpaired) electrons. The average Bonchev–Trinajstić information content (AvgIpc) is 2.76. The number of hydrogen-bond donors (Lipinski definition) is 1. The van der Waals surface area contributed by atoms with E-state index in [1.807, 2.05) is 29.0 Å². The van der Waals surface area contributed by atoms with Crippen LogP contribution in [0.25, 0.3) is 5.69 Å². The van der Waals surface area contributed by atoms with Gasteiger partial charge in [-0.2, -0.15) is 0 Å². The van der Waals surface area contributed by atoms with Gasteiger partial charge in [-0.05, 0) is 34.1 Å². The fourth-order valence-corrected chi connectivity index (χ4v) is 2.37. The van der Waals surface area contributed by atoms with Crippen LogP contribution >= 0.6 is 28.1 Å². The number of rotatable bonds is 3. The average molecular weight is 310 g/mol. The molecule has 1 aromatic heterocycles. The van der Waals surface area contributed by atoms with Crippen LogP contribution in [0, 0.1) is 0 Å². The molecule has 88 valence electrons. The molecule has 2 rings (SSSR count). The molecule has 0 fully saturated rings. The van der Waals surface area contributed by atoms with Crippen LogP contribution in [0.1, 0.15) is 18.3 Å². The van der Waals surface area contributed by atoms with Gasteiger partial charge in [-0.25, -0.2) is 4.98 Å². The summed E-state index contributed by atoms with van der Waals surface area (Å²) in [5.74, 6) is 1.02. The molecule has 0 aliphatic rings. The minimum Gasteiger partial charge on any atom is -0.389 e. The highest BCUT2D eigenvalue weighted by Crippen LogP contribution is 2.23. The van der Waals surface area contributed by atoms with E-state index in [-0.39, 0.29) is 0 Å². The second-order valence-electron chi connectivity index (χ2n) is 3.60. The minimum atomic E-state index is 0.401. The molecule has 0 spiro atoms. The number of nitrogens with two attached hydrogens (primary N) is 1. The van der Waals surface area contributed by atoms with Gasteiger partial charge < -0.3 is 10.3 Å². The fraction of sp³-hybridized carbons (Fsp3) is 0.167. The van der Waals surface area contributed by atoms with Gasteiger partial charge in [-0.3, -0.25) is 0 Å². The summed E-state index contributed by atoms with van der Waals surface area (Å²) in [5, 5.41) is 0. The van der Waals surface area contributed by atoms with E-state index in [9.17, 15) is 0 Å². The Labute approximate surface area is 114 Å². The van der Waals surface area contributed by atoms with E-state index in [0.29, 0.717) is 4.99 Å². The molecule has 0 unspecified atom stereocenters. The lowest BCUT2D eigenvalue weighted by atomic mass is 10.2. The highest BCUT2D eigenvalue weighted by Gasteiger charge is 2.08. The van der Waals surface area contributed by atoms with Crippen LogP contribution in [-0.4, -0.2) is 14.5 Å². The zero-order chi connectivity index (χ0) is 12.4. The third kappa shape index (κ3) is 2.40. The first-order chi connectivity index (χ1) is 8.13. The lowest BCUT2D eigenvalue weighted by Crippen LogP contribution is -2.10. The lowest BCUT2D eigenvalue weighted by molar-refractivity contribution is 0.888. The van der Waals surface area contributed by atoms with Crippen molar-refractivity contribution in [2.24, 2.45) is 5.73 Å². The Morgan fingerprint density at radius 2 is 2.29 bits per heavy atom. The van der Waals surface area contributed by atoms with Crippen LogP contribution in [0.15, 0.2) is 35.1 Å².